The minimum absolute atomic E-state index is 0.0535. The van der Waals surface area contributed by atoms with Crippen LogP contribution in [0.4, 0.5) is 5.69 Å². The van der Waals surface area contributed by atoms with Crippen LogP contribution in [0.1, 0.15) is 24.8 Å². The Morgan fingerprint density at radius 2 is 1.97 bits per heavy atom. The molecule has 2 aromatic rings. The van der Waals surface area contributed by atoms with Crippen LogP contribution in [0.25, 0.3) is 0 Å². The molecule has 8 nitrogen and oxygen atoms in total. The average Bonchev–Trinajstić information content (AvgIpc) is 3.26. The van der Waals surface area contributed by atoms with E-state index in [4.69, 9.17) is 16.3 Å². The molecule has 3 atom stereocenters. The number of ether oxygens (including phenoxy) is 1. The largest absolute Gasteiger partial charge is 0.354 e. The van der Waals surface area contributed by atoms with Crippen LogP contribution < -0.4 is 10.6 Å². The third-order valence-electron chi connectivity index (χ3n) is 6.34. The van der Waals surface area contributed by atoms with Crippen LogP contribution in [0.2, 0.25) is 5.02 Å². The van der Waals surface area contributed by atoms with Crippen molar-refractivity contribution in [2.75, 3.05) is 18.4 Å². The van der Waals surface area contributed by atoms with Crippen molar-refractivity contribution in [1.82, 2.24) is 9.62 Å². The molecule has 2 saturated heterocycles. The number of piperidine rings is 1. The maximum absolute atomic E-state index is 13.3. The molecule has 2 aliphatic heterocycles. The van der Waals surface area contributed by atoms with Crippen molar-refractivity contribution in [2.24, 2.45) is 5.92 Å². The molecular weight excluding hydrogens is 490 g/mol. The first-order chi connectivity index (χ1) is 16.8. The number of benzene rings is 2. The van der Waals surface area contributed by atoms with Gasteiger partial charge in [0.05, 0.1) is 21.7 Å². The van der Waals surface area contributed by atoms with E-state index < -0.39 is 16.3 Å². The molecule has 35 heavy (non-hydrogen) atoms. The number of aryl methyl sites for hydroxylation is 1. The summed E-state index contributed by atoms with van der Waals surface area (Å²) in [5.41, 5.74) is 1.42. The summed E-state index contributed by atoms with van der Waals surface area (Å²) in [7, 11) is -3.81. The van der Waals surface area contributed by atoms with E-state index in [0.29, 0.717) is 31.5 Å². The van der Waals surface area contributed by atoms with Crippen LogP contribution in [0.3, 0.4) is 0 Å². The van der Waals surface area contributed by atoms with Gasteiger partial charge < -0.3 is 15.4 Å². The lowest BCUT2D eigenvalue weighted by molar-refractivity contribution is -0.120. The summed E-state index contributed by atoms with van der Waals surface area (Å²) in [6, 6.07) is 14.0. The van der Waals surface area contributed by atoms with Crippen LogP contribution in [0, 0.1) is 5.92 Å². The minimum Gasteiger partial charge on any atom is -0.354 e. The highest BCUT2D eigenvalue weighted by Gasteiger charge is 2.42. The lowest BCUT2D eigenvalue weighted by Gasteiger charge is -2.33. The quantitative estimate of drug-likeness (QED) is 0.522. The van der Waals surface area contributed by atoms with Gasteiger partial charge in [0.1, 0.15) is 6.23 Å². The number of anilines is 1. The maximum atomic E-state index is 13.3. The second-order valence-electron chi connectivity index (χ2n) is 8.70. The van der Waals surface area contributed by atoms with Crippen LogP contribution in [0.5, 0.6) is 0 Å². The fourth-order valence-corrected chi connectivity index (χ4v) is 6.24. The third kappa shape index (κ3) is 6.10. The number of nitrogens with one attached hydrogen (secondary N) is 2. The Kier molecular flexibility index (Phi) is 7.91. The van der Waals surface area contributed by atoms with Crippen molar-refractivity contribution in [3.05, 3.63) is 71.8 Å². The number of halogens is 1. The number of carbonyl (C=O) groups is 2. The van der Waals surface area contributed by atoms with Gasteiger partial charge in [0.2, 0.25) is 21.8 Å². The smallest absolute Gasteiger partial charge is 0.245 e. The molecule has 10 heteroatoms. The Morgan fingerprint density at radius 1 is 1.20 bits per heavy atom. The fraction of sp³-hybridized carbons (Fsp3) is 0.360. The second kappa shape index (κ2) is 10.9. The van der Waals surface area contributed by atoms with Crippen molar-refractivity contribution < 1.29 is 22.7 Å². The molecule has 0 spiro atoms. The Labute approximate surface area is 210 Å². The van der Waals surface area contributed by atoms with E-state index >= 15 is 0 Å². The van der Waals surface area contributed by atoms with Crippen molar-refractivity contribution in [3.63, 3.8) is 0 Å². The van der Waals surface area contributed by atoms with E-state index in [2.05, 4.69) is 17.2 Å². The zero-order valence-electron chi connectivity index (χ0n) is 19.2. The molecule has 2 N–H and O–H groups in total. The zero-order valence-corrected chi connectivity index (χ0v) is 20.7. The molecule has 0 bridgehead atoms. The number of fused-ring (bicyclic) bond motifs is 1. The van der Waals surface area contributed by atoms with Crippen LogP contribution in [0.15, 0.2) is 66.1 Å². The highest BCUT2D eigenvalue weighted by atomic mass is 35.5. The van der Waals surface area contributed by atoms with Gasteiger partial charge in [0.15, 0.2) is 0 Å². The number of nitrogens with zero attached hydrogens (tertiary/aromatic N) is 1. The normalized spacial score (nSPS) is 22.3. The summed E-state index contributed by atoms with van der Waals surface area (Å²) in [6.45, 7) is 3.98. The minimum atomic E-state index is -3.81. The summed E-state index contributed by atoms with van der Waals surface area (Å²) in [6.07, 6.45) is 2.58. The maximum Gasteiger partial charge on any atom is 0.245 e. The highest BCUT2D eigenvalue weighted by Crippen LogP contribution is 2.35. The van der Waals surface area contributed by atoms with Gasteiger partial charge in [-0.25, -0.2) is 8.42 Å². The molecule has 2 amide bonds. The predicted octanol–water partition coefficient (Wildman–Crippen LogP) is 3.34. The molecule has 0 saturated carbocycles. The number of hydrogen-bond donors (Lipinski definition) is 2. The molecular formula is C25H28ClN3O5S. The molecule has 2 heterocycles. The summed E-state index contributed by atoms with van der Waals surface area (Å²) < 4.78 is 33.8. The van der Waals surface area contributed by atoms with Crippen molar-refractivity contribution in [1.29, 1.82) is 0 Å². The van der Waals surface area contributed by atoms with Gasteiger partial charge in [0.25, 0.3) is 0 Å². The van der Waals surface area contributed by atoms with E-state index in [1.165, 1.54) is 28.6 Å². The van der Waals surface area contributed by atoms with Crippen LogP contribution in [-0.2, 0) is 30.8 Å². The Balaban J connectivity index is 1.37. The van der Waals surface area contributed by atoms with Gasteiger partial charge in [-0.3, -0.25) is 9.59 Å². The first kappa shape index (κ1) is 25.4. The Bertz CT molecular complexity index is 1200. The molecule has 0 aliphatic carbocycles. The average molecular weight is 518 g/mol. The number of carbonyl (C=O) groups excluding carboxylic acids is 2. The zero-order chi connectivity index (χ0) is 25.0. The summed E-state index contributed by atoms with van der Waals surface area (Å²) in [4.78, 5) is 24.0. The topological polar surface area (TPSA) is 105 Å². The first-order valence-electron chi connectivity index (χ1n) is 11.5. The van der Waals surface area contributed by atoms with Gasteiger partial charge in [-0.05, 0) is 55.0 Å². The summed E-state index contributed by atoms with van der Waals surface area (Å²) in [5.74, 6) is -0.349. The lowest BCUT2D eigenvalue weighted by Crippen LogP contribution is -2.45. The monoisotopic (exact) mass is 517 g/mol. The SMILES string of the molecule is C=CC(=O)NC1CC2CCN(S(=O)(=O)c3ccc(NC(=O)CCc4ccccc4)c(Cl)c3)CC2O1. The molecule has 2 fully saturated rings. The number of hydrogen-bond acceptors (Lipinski definition) is 5. The van der Waals surface area contributed by atoms with Gasteiger partial charge >= 0.3 is 0 Å². The van der Waals surface area contributed by atoms with Gasteiger partial charge in [-0.2, -0.15) is 4.31 Å². The van der Waals surface area contributed by atoms with E-state index in [9.17, 15) is 18.0 Å². The van der Waals surface area contributed by atoms with Crippen LogP contribution in [-0.4, -0.2) is 50.0 Å². The Morgan fingerprint density at radius 3 is 2.69 bits per heavy atom. The van der Waals surface area contributed by atoms with Crippen molar-refractivity contribution in [2.45, 2.75) is 42.9 Å². The van der Waals surface area contributed by atoms with Crippen molar-refractivity contribution in [3.8, 4) is 0 Å². The molecule has 3 unspecified atom stereocenters. The second-order valence-corrected chi connectivity index (χ2v) is 11.0. The number of amides is 2. The lowest BCUT2D eigenvalue weighted by atomic mass is 9.94. The third-order valence-corrected chi connectivity index (χ3v) is 8.51. The molecule has 4 rings (SSSR count). The molecule has 186 valence electrons. The summed E-state index contributed by atoms with van der Waals surface area (Å²) >= 11 is 6.34. The van der Waals surface area contributed by atoms with Gasteiger partial charge in [-0.15, -0.1) is 0 Å². The number of rotatable bonds is 8. The molecule has 0 radical (unpaired) electrons. The van der Waals surface area contributed by atoms with E-state index in [-0.39, 0.29) is 46.7 Å². The fourth-order valence-electron chi connectivity index (χ4n) is 4.45. The first-order valence-corrected chi connectivity index (χ1v) is 13.3. The van der Waals surface area contributed by atoms with E-state index in [1.54, 1.807) is 0 Å². The van der Waals surface area contributed by atoms with Crippen LogP contribution >= 0.6 is 11.6 Å². The molecule has 2 aliphatic rings. The predicted molar refractivity (Wildman–Crippen MR) is 133 cm³/mol. The number of sulfonamides is 1. The van der Waals surface area contributed by atoms with E-state index in [0.717, 1.165) is 5.56 Å². The van der Waals surface area contributed by atoms with Crippen molar-refractivity contribution >= 4 is 39.1 Å². The molecule has 2 aromatic carbocycles. The van der Waals surface area contributed by atoms with Gasteiger partial charge in [-0.1, -0.05) is 48.5 Å². The molecule has 0 aromatic heterocycles. The standard InChI is InChI=1S/C25H28ClN3O5S/c1-2-23(30)28-25-14-18-12-13-29(16-22(18)34-25)35(32,33)19-9-10-21(20(26)15-19)27-24(31)11-8-17-6-4-3-5-7-17/h2-7,9-10,15,18,22,25H,1,8,11-14,16H2,(H,27,31)(H,28,30). The Hall–Kier alpha value is -2.72. The van der Waals surface area contributed by atoms with Gasteiger partial charge in [0, 0.05) is 19.5 Å². The summed E-state index contributed by atoms with van der Waals surface area (Å²) in [5, 5.41) is 5.62. The highest BCUT2D eigenvalue weighted by molar-refractivity contribution is 7.89. The van der Waals surface area contributed by atoms with E-state index in [1.807, 2.05) is 30.3 Å².